The molecule has 0 aliphatic carbocycles. The molecule has 4 nitrogen and oxygen atoms in total. The van der Waals surface area contributed by atoms with Crippen LogP contribution in [-0.4, -0.2) is 34.8 Å². The SMILES string of the molecule is O=C[C@@H]1[C@@H](Cc2ccccc2)N(C(=O)c2ccccc2)N2CCc3ccccc3[C@@H]12. The predicted molar refractivity (Wildman–Crippen MR) is 116 cm³/mol. The molecule has 2 heterocycles. The Morgan fingerprint density at radius 3 is 2.30 bits per heavy atom. The quantitative estimate of drug-likeness (QED) is 0.624. The molecule has 0 saturated carbocycles. The molecule has 1 fully saturated rings. The van der Waals surface area contributed by atoms with E-state index in [1.54, 1.807) is 0 Å². The van der Waals surface area contributed by atoms with Crippen LogP contribution in [0.4, 0.5) is 0 Å². The second-order valence-corrected chi connectivity index (χ2v) is 8.04. The smallest absolute Gasteiger partial charge is 0.268 e. The van der Waals surface area contributed by atoms with Gasteiger partial charge in [0.15, 0.2) is 0 Å². The van der Waals surface area contributed by atoms with Crippen LogP contribution < -0.4 is 0 Å². The number of nitrogens with zero attached hydrogens (tertiary/aromatic N) is 2. The normalized spacial score (nSPS) is 22.9. The van der Waals surface area contributed by atoms with Crippen molar-refractivity contribution in [3.8, 4) is 0 Å². The van der Waals surface area contributed by atoms with Crippen LogP contribution in [0.3, 0.4) is 0 Å². The molecule has 1 saturated heterocycles. The number of amides is 1. The average molecular weight is 396 g/mol. The van der Waals surface area contributed by atoms with Gasteiger partial charge in [-0.1, -0.05) is 72.8 Å². The first-order valence-corrected chi connectivity index (χ1v) is 10.5. The summed E-state index contributed by atoms with van der Waals surface area (Å²) in [7, 11) is 0. The van der Waals surface area contributed by atoms with E-state index in [-0.39, 0.29) is 23.9 Å². The monoisotopic (exact) mass is 396 g/mol. The van der Waals surface area contributed by atoms with Gasteiger partial charge in [-0.3, -0.25) is 9.80 Å². The van der Waals surface area contributed by atoms with Gasteiger partial charge in [-0.15, -0.1) is 0 Å². The highest BCUT2D eigenvalue weighted by atomic mass is 16.2. The Morgan fingerprint density at radius 2 is 1.57 bits per heavy atom. The van der Waals surface area contributed by atoms with Crippen molar-refractivity contribution in [2.45, 2.75) is 24.9 Å². The fourth-order valence-electron chi connectivity index (χ4n) is 5.02. The zero-order chi connectivity index (χ0) is 20.5. The van der Waals surface area contributed by atoms with Crippen LogP contribution in [0.25, 0.3) is 0 Å². The van der Waals surface area contributed by atoms with Gasteiger partial charge in [-0.25, -0.2) is 5.01 Å². The second-order valence-electron chi connectivity index (χ2n) is 8.04. The zero-order valence-electron chi connectivity index (χ0n) is 16.7. The van der Waals surface area contributed by atoms with Gasteiger partial charge < -0.3 is 4.79 Å². The van der Waals surface area contributed by atoms with Crippen molar-refractivity contribution in [2.24, 2.45) is 5.92 Å². The average Bonchev–Trinajstić information content (AvgIpc) is 3.13. The second kappa shape index (κ2) is 7.88. The van der Waals surface area contributed by atoms with Crippen molar-refractivity contribution in [1.82, 2.24) is 10.0 Å². The van der Waals surface area contributed by atoms with Crippen molar-refractivity contribution in [1.29, 1.82) is 0 Å². The van der Waals surface area contributed by atoms with Crippen molar-refractivity contribution in [2.75, 3.05) is 6.54 Å². The minimum Gasteiger partial charge on any atom is -0.303 e. The fraction of sp³-hybridized carbons (Fsp3) is 0.231. The Morgan fingerprint density at radius 1 is 0.900 bits per heavy atom. The standard InChI is InChI=1S/C26H24N2O2/c29-18-23-24(17-19-9-3-1-4-10-19)28(26(30)21-12-5-2-6-13-21)27-16-15-20-11-7-8-14-22(20)25(23)27/h1-14,18,23-25H,15-17H2/t23-,24-,25+/m1/s1. The Kier molecular flexibility index (Phi) is 4.93. The van der Waals surface area contributed by atoms with Crippen molar-refractivity contribution < 1.29 is 9.59 Å². The maximum absolute atomic E-state index is 13.6. The van der Waals surface area contributed by atoms with Crippen molar-refractivity contribution in [3.63, 3.8) is 0 Å². The van der Waals surface area contributed by atoms with Crippen LogP contribution in [0, 0.1) is 5.92 Å². The molecule has 30 heavy (non-hydrogen) atoms. The van der Waals surface area contributed by atoms with Gasteiger partial charge in [0.1, 0.15) is 6.29 Å². The van der Waals surface area contributed by atoms with Gasteiger partial charge in [0, 0.05) is 12.1 Å². The Hall–Kier alpha value is -3.24. The molecule has 5 rings (SSSR count). The molecule has 0 unspecified atom stereocenters. The fourth-order valence-corrected chi connectivity index (χ4v) is 5.02. The molecule has 3 atom stereocenters. The van der Waals surface area contributed by atoms with E-state index in [0.717, 1.165) is 24.8 Å². The molecule has 2 aliphatic heterocycles. The molecule has 0 bridgehead atoms. The number of fused-ring (bicyclic) bond motifs is 3. The van der Waals surface area contributed by atoms with E-state index in [0.29, 0.717) is 12.0 Å². The summed E-state index contributed by atoms with van der Waals surface area (Å²) in [6, 6.07) is 27.5. The molecular weight excluding hydrogens is 372 g/mol. The van der Waals surface area contributed by atoms with E-state index < -0.39 is 0 Å². The number of hydrogen-bond acceptors (Lipinski definition) is 3. The number of rotatable bonds is 4. The van der Waals surface area contributed by atoms with Gasteiger partial charge in [-0.2, -0.15) is 0 Å². The van der Waals surface area contributed by atoms with E-state index in [1.807, 2.05) is 65.7 Å². The molecule has 1 amide bonds. The van der Waals surface area contributed by atoms with Gasteiger partial charge in [0.05, 0.1) is 18.0 Å². The number of carbonyl (C=O) groups is 2. The number of hydrogen-bond donors (Lipinski definition) is 0. The minimum atomic E-state index is -0.278. The molecule has 4 heteroatoms. The van der Waals surface area contributed by atoms with Crippen LogP contribution in [0.2, 0.25) is 0 Å². The lowest BCUT2D eigenvalue weighted by atomic mass is 9.83. The van der Waals surface area contributed by atoms with E-state index in [9.17, 15) is 9.59 Å². The third-order valence-electron chi connectivity index (χ3n) is 6.38. The maximum atomic E-state index is 13.6. The molecule has 2 aliphatic rings. The molecular formula is C26H24N2O2. The summed E-state index contributed by atoms with van der Waals surface area (Å²) < 4.78 is 0. The molecule has 3 aromatic carbocycles. The largest absolute Gasteiger partial charge is 0.303 e. The summed E-state index contributed by atoms with van der Waals surface area (Å²) in [6.07, 6.45) is 2.58. The lowest BCUT2D eigenvalue weighted by molar-refractivity contribution is -0.112. The van der Waals surface area contributed by atoms with E-state index in [2.05, 4.69) is 29.3 Å². The first kappa shape index (κ1) is 18.8. The number of hydrazine groups is 1. The molecule has 0 radical (unpaired) electrons. The number of carbonyl (C=O) groups excluding carboxylic acids is 2. The molecule has 0 N–H and O–H groups in total. The van der Waals surface area contributed by atoms with Crippen molar-refractivity contribution >= 4 is 12.2 Å². The highest BCUT2D eigenvalue weighted by Gasteiger charge is 2.51. The summed E-state index contributed by atoms with van der Waals surface area (Å²) in [6.45, 7) is 0.732. The first-order valence-electron chi connectivity index (χ1n) is 10.5. The third kappa shape index (κ3) is 3.14. The van der Waals surface area contributed by atoms with Gasteiger partial charge in [0.2, 0.25) is 0 Å². The van der Waals surface area contributed by atoms with E-state index in [4.69, 9.17) is 0 Å². The lowest BCUT2D eigenvalue weighted by Crippen LogP contribution is -2.48. The van der Waals surface area contributed by atoms with E-state index in [1.165, 1.54) is 11.1 Å². The van der Waals surface area contributed by atoms with Crippen LogP contribution in [-0.2, 0) is 17.6 Å². The van der Waals surface area contributed by atoms with Gasteiger partial charge >= 0.3 is 0 Å². The molecule has 0 spiro atoms. The molecule has 150 valence electrons. The molecule has 3 aromatic rings. The Bertz CT molecular complexity index is 1050. The van der Waals surface area contributed by atoms with Crippen LogP contribution >= 0.6 is 0 Å². The van der Waals surface area contributed by atoms with Crippen LogP contribution in [0.5, 0.6) is 0 Å². The van der Waals surface area contributed by atoms with Gasteiger partial charge in [-0.05, 0) is 41.7 Å². The highest BCUT2D eigenvalue weighted by molar-refractivity contribution is 5.94. The van der Waals surface area contributed by atoms with Crippen LogP contribution in [0.1, 0.15) is 33.1 Å². The van der Waals surface area contributed by atoms with Crippen molar-refractivity contribution in [3.05, 3.63) is 107 Å². The number of aldehydes is 1. The number of benzene rings is 3. The topological polar surface area (TPSA) is 40.6 Å². The zero-order valence-corrected chi connectivity index (χ0v) is 16.7. The maximum Gasteiger partial charge on any atom is 0.268 e. The van der Waals surface area contributed by atoms with E-state index >= 15 is 0 Å². The minimum absolute atomic E-state index is 0.0368. The predicted octanol–water partition coefficient (Wildman–Crippen LogP) is 4.08. The summed E-state index contributed by atoms with van der Waals surface area (Å²) in [5.41, 5.74) is 4.23. The molecule has 0 aromatic heterocycles. The Balaban J connectivity index is 1.60. The first-order chi connectivity index (χ1) is 14.8. The van der Waals surface area contributed by atoms with Gasteiger partial charge in [0.25, 0.3) is 5.91 Å². The summed E-state index contributed by atoms with van der Waals surface area (Å²) >= 11 is 0. The third-order valence-corrected chi connectivity index (χ3v) is 6.38. The summed E-state index contributed by atoms with van der Waals surface area (Å²) in [5.74, 6) is -0.315. The summed E-state index contributed by atoms with van der Waals surface area (Å²) in [4.78, 5) is 26.1. The Labute approximate surface area is 176 Å². The van der Waals surface area contributed by atoms with Crippen LogP contribution in [0.15, 0.2) is 84.9 Å². The lowest BCUT2D eigenvalue weighted by Gasteiger charge is -2.38. The summed E-state index contributed by atoms with van der Waals surface area (Å²) in [5, 5.41) is 4.02. The highest BCUT2D eigenvalue weighted by Crippen LogP contribution is 2.45.